The first-order valence-corrected chi connectivity index (χ1v) is 11.3. The maximum atomic E-state index is 12.8. The van der Waals surface area contributed by atoms with Gasteiger partial charge in [-0.05, 0) is 43.4 Å². The number of aryl methyl sites for hydroxylation is 2. The van der Waals surface area contributed by atoms with Crippen LogP contribution in [0.1, 0.15) is 42.5 Å². The summed E-state index contributed by atoms with van der Waals surface area (Å²) in [6.07, 6.45) is 1.30. The predicted molar refractivity (Wildman–Crippen MR) is 106 cm³/mol. The minimum atomic E-state index is -3.19. The van der Waals surface area contributed by atoms with Crippen LogP contribution in [0.15, 0.2) is 18.2 Å². The van der Waals surface area contributed by atoms with Crippen LogP contribution in [0.2, 0.25) is 0 Å². The van der Waals surface area contributed by atoms with Crippen LogP contribution in [0.3, 0.4) is 0 Å². The molecular weight excluding hydrogens is 364 g/mol. The second-order valence-corrected chi connectivity index (χ2v) is 9.60. The van der Waals surface area contributed by atoms with Crippen molar-refractivity contribution < 1.29 is 13.2 Å². The Bertz CT molecular complexity index is 788. The van der Waals surface area contributed by atoms with Crippen LogP contribution in [0.25, 0.3) is 0 Å². The van der Waals surface area contributed by atoms with Gasteiger partial charge < -0.3 is 4.90 Å². The molecule has 2 heterocycles. The molecule has 2 N–H and O–H groups in total. The van der Waals surface area contributed by atoms with Gasteiger partial charge >= 0.3 is 0 Å². The molecule has 2 saturated heterocycles. The number of nitrogens with one attached hydrogen (secondary N) is 2. The fourth-order valence-corrected chi connectivity index (χ4v) is 5.21. The summed E-state index contributed by atoms with van der Waals surface area (Å²) in [5.41, 5.74) is 10.0. The Morgan fingerprint density at radius 2 is 1.81 bits per heavy atom. The number of carbonyl (C=O) groups excluding carboxylic acids is 1. The van der Waals surface area contributed by atoms with Crippen LogP contribution < -0.4 is 10.9 Å². The number of hydrogen-bond donors (Lipinski definition) is 2. The Hall–Kier alpha value is -1.48. The van der Waals surface area contributed by atoms with Crippen LogP contribution in [0.4, 0.5) is 0 Å². The smallest absolute Gasteiger partial charge is 0.241 e. The van der Waals surface area contributed by atoms with Crippen molar-refractivity contribution in [2.24, 2.45) is 0 Å². The second kappa shape index (κ2) is 8.26. The number of amides is 1. The van der Waals surface area contributed by atoms with E-state index in [0.717, 1.165) is 0 Å². The van der Waals surface area contributed by atoms with Crippen molar-refractivity contribution in [3.8, 4) is 0 Å². The molecule has 150 valence electrons. The fourth-order valence-electron chi connectivity index (χ4n) is 3.71. The number of hydrazine groups is 1. The molecule has 1 amide bonds. The lowest BCUT2D eigenvalue weighted by Gasteiger charge is -2.35. The molecule has 0 saturated carbocycles. The van der Waals surface area contributed by atoms with Crippen molar-refractivity contribution in [3.05, 3.63) is 34.9 Å². The van der Waals surface area contributed by atoms with Gasteiger partial charge in [-0.3, -0.25) is 4.79 Å². The van der Waals surface area contributed by atoms with Gasteiger partial charge in [-0.1, -0.05) is 25.1 Å². The van der Waals surface area contributed by atoms with Crippen molar-refractivity contribution in [2.75, 3.05) is 31.9 Å². The molecule has 2 atom stereocenters. The number of rotatable bonds is 5. The molecule has 2 unspecified atom stereocenters. The van der Waals surface area contributed by atoms with E-state index in [1.807, 2.05) is 6.92 Å². The molecule has 0 bridgehead atoms. The van der Waals surface area contributed by atoms with E-state index < -0.39 is 10.0 Å². The molecule has 1 aromatic rings. The summed E-state index contributed by atoms with van der Waals surface area (Å²) in [4.78, 5) is 14.6. The van der Waals surface area contributed by atoms with Crippen molar-refractivity contribution >= 4 is 15.9 Å². The van der Waals surface area contributed by atoms with Crippen molar-refractivity contribution in [1.82, 2.24) is 20.1 Å². The number of carbonyl (C=O) groups is 1. The molecule has 2 aliphatic rings. The molecule has 0 aliphatic carbocycles. The van der Waals surface area contributed by atoms with E-state index >= 15 is 0 Å². The summed E-state index contributed by atoms with van der Waals surface area (Å²) >= 11 is 0. The molecule has 8 heteroatoms. The van der Waals surface area contributed by atoms with Crippen LogP contribution in [-0.2, 0) is 14.8 Å². The van der Waals surface area contributed by atoms with E-state index in [2.05, 4.69) is 42.9 Å². The molecule has 2 fully saturated rings. The molecule has 7 nitrogen and oxygen atoms in total. The van der Waals surface area contributed by atoms with Gasteiger partial charge in [-0.25, -0.2) is 19.3 Å². The number of hydrogen-bond acceptors (Lipinski definition) is 5. The Morgan fingerprint density at radius 3 is 2.44 bits per heavy atom. The number of piperazine rings is 1. The minimum absolute atomic E-state index is 0.0429. The third-order valence-electron chi connectivity index (χ3n) is 5.54. The van der Waals surface area contributed by atoms with Crippen molar-refractivity contribution in [3.63, 3.8) is 0 Å². The molecule has 0 radical (unpaired) electrons. The Labute approximate surface area is 162 Å². The van der Waals surface area contributed by atoms with E-state index in [1.165, 1.54) is 21.0 Å². The summed E-state index contributed by atoms with van der Waals surface area (Å²) in [5, 5.41) is 0. The fraction of sp³-hybridized carbons (Fsp3) is 0.632. The highest BCUT2D eigenvalue weighted by molar-refractivity contribution is 7.89. The topological polar surface area (TPSA) is 81.8 Å². The maximum Gasteiger partial charge on any atom is 0.241 e. The van der Waals surface area contributed by atoms with E-state index in [0.29, 0.717) is 39.0 Å². The number of sulfonamides is 1. The van der Waals surface area contributed by atoms with Crippen LogP contribution in [0, 0.1) is 13.8 Å². The van der Waals surface area contributed by atoms with E-state index in [9.17, 15) is 13.2 Å². The lowest BCUT2D eigenvalue weighted by molar-refractivity contribution is -0.134. The maximum absolute atomic E-state index is 12.8. The monoisotopic (exact) mass is 394 g/mol. The average Bonchev–Trinajstić information content (AvgIpc) is 3.13. The highest BCUT2D eigenvalue weighted by Crippen LogP contribution is 2.25. The van der Waals surface area contributed by atoms with Crippen LogP contribution >= 0.6 is 0 Å². The zero-order valence-corrected chi connectivity index (χ0v) is 17.2. The van der Waals surface area contributed by atoms with Gasteiger partial charge in [0.2, 0.25) is 15.9 Å². The van der Waals surface area contributed by atoms with Gasteiger partial charge in [0.25, 0.3) is 0 Å². The summed E-state index contributed by atoms with van der Waals surface area (Å²) in [5.74, 6) is 0.216. The summed E-state index contributed by atoms with van der Waals surface area (Å²) < 4.78 is 25.9. The van der Waals surface area contributed by atoms with Crippen molar-refractivity contribution in [1.29, 1.82) is 0 Å². The van der Waals surface area contributed by atoms with Gasteiger partial charge in [0.1, 0.15) is 6.04 Å². The van der Waals surface area contributed by atoms with E-state index in [4.69, 9.17) is 0 Å². The van der Waals surface area contributed by atoms with Gasteiger partial charge in [-0.2, -0.15) is 4.31 Å². The number of benzene rings is 1. The molecule has 0 spiro atoms. The molecule has 0 aromatic heterocycles. The zero-order chi connectivity index (χ0) is 19.6. The molecule has 3 rings (SSSR count). The Morgan fingerprint density at radius 1 is 1.11 bits per heavy atom. The van der Waals surface area contributed by atoms with E-state index in [-0.39, 0.29) is 23.7 Å². The normalized spacial score (nSPS) is 24.3. The van der Waals surface area contributed by atoms with Gasteiger partial charge in [0, 0.05) is 32.2 Å². The average molecular weight is 395 g/mol. The lowest BCUT2D eigenvalue weighted by atomic mass is 9.98. The van der Waals surface area contributed by atoms with Crippen LogP contribution in [-0.4, -0.2) is 61.5 Å². The third kappa shape index (κ3) is 4.51. The largest absolute Gasteiger partial charge is 0.339 e. The van der Waals surface area contributed by atoms with Crippen molar-refractivity contribution in [2.45, 2.75) is 45.7 Å². The van der Waals surface area contributed by atoms with Gasteiger partial charge in [0.05, 0.1) is 5.75 Å². The quantitative estimate of drug-likeness (QED) is 0.781. The number of nitrogens with zero attached hydrogens (tertiary/aromatic N) is 2. The van der Waals surface area contributed by atoms with Gasteiger partial charge in [-0.15, -0.1) is 0 Å². The summed E-state index contributed by atoms with van der Waals surface area (Å²) in [6.45, 7) is 7.72. The minimum Gasteiger partial charge on any atom is -0.339 e. The lowest BCUT2D eigenvalue weighted by Crippen LogP contribution is -2.54. The second-order valence-electron chi connectivity index (χ2n) is 7.51. The zero-order valence-electron chi connectivity index (χ0n) is 16.4. The molecule has 1 aromatic carbocycles. The molecule has 27 heavy (non-hydrogen) atoms. The SMILES string of the molecule is CCCS(=O)(=O)N1CCN(C(=O)C2CC(c3ccc(C)c(C)c3)NN2)CC1. The first kappa shape index (κ1) is 20.3. The van der Waals surface area contributed by atoms with Crippen LogP contribution in [0.5, 0.6) is 0 Å². The standard InChI is InChI=1S/C19H30N4O3S/c1-4-11-27(25,26)23-9-7-22(8-10-23)19(24)18-13-17(20-21-18)16-6-5-14(2)15(3)12-16/h5-6,12,17-18,20-21H,4,7-11,13H2,1-3H3. The third-order valence-corrected chi connectivity index (χ3v) is 7.62. The Balaban J connectivity index is 1.56. The van der Waals surface area contributed by atoms with E-state index in [1.54, 1.807) is 4.90 Å². The van der Waals surface area contributed by atoms with Gasteiger partial charge in [0.15, 0.2) is 0 Å². The molecular formula is C19H30N4O3S. The summed E-state index contributed by atoms with van der Waals surface area (Å²) in [6, 6.07) is 6.20. The molecule has 2 aliphatic heterocycles. The first-order valence-electron chi connectivity index (χ1n) is 9.66. The Kier molecular flexibility index (Phi) is 6.20. The summed E-state index contributed by atoms with van der Waals surface area (Å²) in [7, 11) is -3.19. The highest BCUT2D eigenvalue weighted by Gasteiger charge is 2.35. The first-order chi connectivity index (χ1) is 12.8. The predicted octanol–water partition coefficient (Wildman–Crippen LogP) is 1.10. The highest BCUT2D eigenvalue weighted by atomic mass is 32.2.